The number of rotatable bonds is 2. The summed E-state index contributed by atoms with van der Waals surface area (Å²) in [6.07, 6.45) is 5.58. The molecule has 1 heterocycles. The minimum atomic E-state index is -5.66. The lowest BCUT2D eigenvalue weighted by atomic mass is 9.47. The molecule has 4 aliphatic rings. The van der Waals surface area contributed by atoms with Crippen molar-refractivity contribution in [3.63, 3.8) is 0 Å². The molecular weight excluding hydrogens is 397 g/mol. The Labute approximate surface area is 162 Å². The molecular formula is C19H25F3O5S. The molecule has 158 valence electrons. The molecule has 0 spiro atoms. The molecule has 0 aromatic rings. The maximum atomic E-state index is 12.8. The molecule has 9 heteroatoms. The monoisotopic (exact) mass is 422 g/mol. The van der Waals surface area contributed by atoms with Crippen molar-refractivity contribution in [2.24, 2.45) is 34.5 Å². The van der Waals surface area contributed by atoms with Crippen molar-refractivity contribution in [3.05, 3.63) is 11.8 Å². The number of ether oxygens (including phenoxy) is 1. The summed E-state index contributed by atoms with van der Waals surface area (Å²) in [5.74, 6) is 0.662. The highest BCUT2D eigenvalue weighted by atomic mass is 32.2. The SMILES string of the molecule is C[C@]12COC(=O)C[C@@H]1CC[C@@H]1[C@@H]2CC[C@]2(C)C(OS(=O)(=O)C(F)(F)F)=CC[C@@H]12. The molecule has 0 bridgehead atoms. The summed E-state index contributed by atoms with van der Waals surface area (Å²) in [6.45, 7) is 4.38. The van der Waals surface area contributed by atoms with E-state index in [1.165, 1.54) is 6.08 Å². The number of carbonyl (C=O) groups excluding carboxylic acids is 1. The fraction of sp³-hybridized carbons (Fsp3) is 0.842. The van der Waals surface area contributed by atoms with Gasteiger partial charge < -0.3 is 8.92 Å². The smallest absolute Gasteiger partial charge is 0.465 e. The van der Waals surface area contributed by atoms with Gasteiger partial charge in [0.25, 0.3) is 0 Å². The molecule has 0 radical (unpaired) electrons. The Morgan fingerprint density at radius 2 is 1.89 bits per heavy atom. The van der Waals surface area contributed by atoms with Crippen LogP contribution >= 0.6 is 0 Å². The zero-order valence-corrected chi connectivity index (χ0v) is 16.7. The van der Waals surface area contributed by atoms with E-state index >= 15 is 0 Å². The van der Waals surface area contributed by atoms with E-state index < -0.39 is 21.0 Å². The van der Waals surface area contributed by atoms with E-state index in [9.17, 15) is 26.4 Å². The zero-order chi connectivity index (χ0) is 20.5. The van der Waals surface area contributed by atoms with E-state index in [-0.39, 0.29) is 34.9 Å². The maximum absolute atomic E-state index is 12.8. The van der Waals surface area contributed by atoms with Gasteiger partial charge in [-0.1, -0.05) is 13.8 Å². The van der Waals surface area contributed by atoms with Crippen LogP contribution in [0.15, 0.2) is 11.8 Å². The van der Waals surface area contributed by atoms with Gasteiger partial charge in [-0.15, -0.1) is 0 Å². The molecule has 1 aliphatic heterocycles. The molecule has 1 saturated heterocycles. The molecule has 0 unspecified atom stereocenters. The molecule has 28 heavy (non-hydrogen) atoms. The molecule has 0 aromatic carbocycles. The average Bonchev–Trinajstić information content (AvgIpc) is 2.91. The van der Waals surface area contributed by atoms with Crippen LogP contribution in [0.2, 0.25) is 0 Å². The standard InChI is InChI=1S/C19H25F3O5S/c1-17-8-7-14-12(4-3-11-9-16(23)26-10-18(11,14)2)13(17)5-6-15(17)27-28(24,25)19(20,21)22/h6,11-14H,3-5,7-10H2,1-2H3/t11-,12-,13-,14-,17-,18-/m0/s1. The van der Waals surface area contributed by atoms with Gasteiger partial charge in [-0.05, 0) is 61.9 Å². The highest BCUT2D eigenvalue weighted by Gasteiger charge is 2.61. The van der Waals surface area contributed by atoms with E-state index in [1.54, 1.807) is 0 Å². The maximum Gasteiger partial charge on any atom is 0.534 e. The van der Waals surface area contributed by atoms with E-state index in [0.29, 0.717) is 31.8 Å². The van der Waals surface area contributed by atoms with Gasteiger partial charge >= 0.3 is 21.6 Å². The minimum Gasteiger partial charge on any atom is -0.465 e. The Hall–Kier alpha value is -1.25. The third-order valence-corrected chi connectivity index (χ3v) is 8.98. The first-order chi connectivity index (χ1) is 12.9. The van der Waals surface area contributed by atoms with Crippen LogP contribution in [0.1, 0.15) is 52.4 Å². The first-order valence-corrected chi connectivity index (χ1v) is 11.2. The van der Waals surface area contributed by atoms with Gasteiger partial charge in [0, 0.05) is 17.3 Å². The second kappa shape index (κ2) is 6.12. The van der Waals surface area contributed by atoms with Crippen molar-refractivity contribution in [2.45, 2.75) is 57.9 Å². The first-order valence-electron chi connectivity index (χ1n) is 9.75. The molecule has 3 aliphatic carbocycles. The van der Waals surface area contributed by atoms with Gasteiger partial charge in [0.2, 0.25) is 0 Å². The van der Waals surface area contributed by atoms with E-state index in [2.05, 4.69) is 11.1 Å². The third-order valence-electron chi connectivity index (χ3n) is 8.02. The largest absolute Gasteiger partial charge is 0.534 e. The van der Waals surface area contributed by atoms with Gasteiger partial charge in [-0.3, -0.25) is 4.79 Å². The average molecular weight is 422 g/mol. The van der Waals surface area contributed by atoms with Gasteiger partial charge in [0.1, 0.15) is 5.76 Å². The molecule has 2 saturated carbocycles. The van der Waals surface area contributed by atoms with Crippen molar-refractivity contribution >= 4 is 16.1 Å². The number of hydrogen-bond acceptors (Lipinski definition) is 5. The number of esters is 1. The lowest BCUT2D eigenvalue weighted by Gasteiger charge is -2.59. The number of alkyl halides is 3. The Bertz CT molecular complexity index is 820. The number of halogens is 3. The van der Waals surface area contributed by atoms with E-state index in [1.807, 2.05) is 6.92 Å². The predicted octanol–water partition coefficient (Wildman–Crippen LogP) is 4.15. The molecule has 0 aromatic heterocycles. The number of allylic oxidation sites excluding steroid dienone is 2. The highest BCUT2D eigenvalue weighted by Crippen LogP contribution is 2.65. The van der Waals surface area contributed by atoms with Crippen LogP contribution in [0.25, 0.3) is 0 Å². The highest BCUT2D eigenvalue weighted by molar-refractivity contribution is 7.87. The lowest BCUT2D eigenvalue weighted by molar-refractivity contribution is -0.179. The number of cyclic esters (lactones) is 1. The summed E-state index contributed by atoms with van der Waals surface area (Å²) in [5, 5.41) is 0. The van der Waals surface area contributed by atoms with Crippen LogP contribution in [0.5, 0.6) is 0 Å². The van der Waals surface area contributed by atoms with Crippen LogP contribution < -0.4 is 0 Å². The summed E-state index contributed by atoms with van der Waals surface area (Å²) in [7, 11) is -5.66. The third kappa shape index (κ3) is 2.79. The van der Waals surface area contributed by atoms with Crippen LogP contribution in [0.3, 0.4) is 0 Å². The summed E-state index contributed by atoms with van der Waals surface area (Å²) >= 11 is 0. The van der Waals surface area contributed by atoms with Gasteiger partial charge in [0.15, 0.2) is 0 Å². The normalized spacial score (nSPS) is 43.3. The summed E-state index contributed by atoms with van der Waals surface area (Å²) in [5.41, 5.74) is -6.27. The number of fused-ring (bicyclic) bond motifs is 5. The number of carbonyl (C=O) groups is 1. The van der Waals surface area contributed by atoms with E-state index in [4.69, 9.17) is 4.74 Å². The van der Waals surface area contributed by atoms with Gasteiger partial charge in [-0.2, -0.15) is 21.6 Å². The Morgan fingerprint density at radius 3 is 2.57 bits per heavy atom. The second-order valence-electron chi connectivity index (χ2n) is 9.27. The summed E-state index contributed by atoms with van der Waals surface area (Å²) in [4.78, 5) is 11.7. The molecule has 0 amide bonds. The first kappa shape index (κ1) is 20.0. The fourth-order valence-corrected chi connectivity index (χ4v) is 7.00. The Morgan fingerprint density at radius 1 is 1.18 bits per heavy atom. The summed E-state index contributed by atoms with van der Waals surface area (Å²) < 4.78 is 71.4. The van der Waals surface area contributed by atoms with E-state index in [0.717, 1.165) is 19.3 Å². The molecule has 0 N–H and O–H groups in total. The second-order valence-corrected chi connectivity index (χ2v) is 10.8. The van der Waals surface area contributed by atoms with Gasteiger partial charge in [0.05, 0.1) is 6.61 Å². The molecule has 6 atom stereocenters. The molecule has 4 rings (SSSR count). The zero-order valence-electron chi connectivity index (χ0n) is 15.9. The van der Waals surface area contributed by atoms with Crippen LogP contribution in [-0.4, -0.2) is 26.5 Å². The van der Waals surface area contributed by atoms with Crippen molar-refractivity contribution in [3.8, 4) is 0 Å². The van der Waals surface area contributed by atoms with Crippen LogP contribution in [-0.2, 0) is 23.8 Å². The Balaban J connectivity index is 1.57. The van der Waals surface area contributed by atoms with Crippen LogP contribution in [0, 0.1) is 34.5 Å². The summed E-state index contributed by atoms with van der Waals surface area (Å²) in [6, 6.07) is 0. The van der Waals surface area contributed by atoms with Crippen molar-refractivity contribution in [1.29, 1.82) is 0 Å². The minimum absolute atomic E-state index is 0.0417. The van der Waals surface area contributed by atoms with Crippen molar-refractivity contribution in [1.82, 2.24) is 0 Å². The molecule has 5 nitrogen and oxygen atoms in total. The topological polar surface area (TPSA) is 69.7 Å². The van der Waals surface area contributed by atoms with Crippen molar-refractivity contribution < 1.29 is 35.3 Å². The fourth-order valence-electron chi connectivity index (χ4n) is 6.41. The lowest BCUT2D eigenvalue weighted by Crippen LogP contribution is -2.55. The Kier molecular flexibility index (Phi) is 4.38. The van der Waals surface area contributed by atoms with Crippen molar-refractivity contribution in [2.75, 3.05) is 6.61 Å². The predicted molar refractivity (Wildman–Crippen MR) is 93.0 cm³/mol. The molecule has 3 fully saturated rings. The number of hydrogen-bond donors (Lipinski definition) is 0. The quantitative estimate of drug-likeness (QED) is 0.380. The van der Waals surface area contributed by atoms with Gasteiger partial charge in [-0.25, -0.2) is 0 Å². The van der Waals surface area contributed by atoms with Crippen LogP contribution in [0.4, 0.5) is 13.2 Å².